The molecule has 3 fully saturated rings. The fourth-order valence-electron chi connectivity index (χ4n) is 12.0. The van der Waals surface area contributed by atoms with Gasteiger partial charge >= 0.3 is 5.97 Å². The minimum atomic E-state index is -0.641. The van der Waals surface area contributed by atoms with Gasteiger partial charge in [-0.1, -0.05) is 45.4 Å². The van der Waals surface area contributed by atoms with E-state index in [-0.39, 0.29) is 45.2 Å². The third-order valence-corrected chi connectivity index (χ3v) is 15.8. The second-order valence-corrected chi connectivity index (χ2v) is 18.3. The normalized spacial score (nSPS) is 35.3. The van der Waals surface area contributed by atoms with Crippen molar-refractivity contribution in [2.45, 2.75) is 110 Å². The average Bonchev–Trinajstić information content (AvgIpc) is 3.54. The van der Waals surface area contributed by atoms with Crippen LogP contribution in [-0.2, 0) is 16.6 Å². The van der Waals surface area contributed by atoms with E-state index in [4.69, 9.17) is 18.9 Å². The smallest absolute Gasteiger partial charge is 0.309 e. The number of benzene rings is 3. The molecule has 0 spiro atoms. The van der Waals surface area contributed by atoms with Crippen molar-refractivity contribution in [3.05, 3.63) is 81.9 Å². The number of hydrogen-bond donors (Lipinski definition) is 3. The molecular formula is C46H56O8. The van der Waals surface area contributed by atoms with Gasteiger partial charge in [-0.3, -0.25) is 4.79 Å². The molecule has 8 nitrogen and oxygen atoms in total. The Bertz CT molecular complexity index is 2070. The highest BCUT2D eigenvalue weighted by molar-refractivity contribution is 5.74. The number of carboxylic acid groups (broad SMARTS) is 1. The first-order valence-electron chi connectivity index (χ1n) is 19.7. The van der Waals surface area contributed by atoms with Gasteiger partial charge in [-0.25, -0.2) is 0 Å². The van der Waals surface area contributed by atoms with Crippen molar-refractivity contribution in [1.29, 1.82) is 0 Å². The molecule has 8 atom stereocenters. The topological polar surface area (TPSA) is 115 Å². The average molecular weight is 737 g/mol. The summed E-state index contributed by atoms with van der Waals surface area (Å²) in [4.78, 5) is 12.3. The minimum Gasteiger partial charge on any atom is -0.504 e. The zero-order valence-corrected chi connectivity index (χ0v) is 33.1. The quantitative estimate of drug-likeness (QED) is 0.180. The number of carboxylic acids is 1. The third kappa shape index (κ3) is 5.10. The van der Waals surface area contributed by atoms with Gasteiger partial charge in [0, 0.05) is 28.7 Å². The highest BCUT2D eigenvalue weighted by Crippen LogP contribution is 2.74. The number of ether oxygens (including phenoxy) is 4. The standard InChI is InChI=1S/C29H40O4.C17H16O4/c1-17-18-7-8-21-27(4,19(18)15-20(30)23(17)31)12-14-29(6)22-16-26(3,24(32)33)10-9-25(22,2)11-13-28(21,29)5;1-18-10-4-6-13-15(7-10)20-9-14-12-5-3-11(19-2)8-16(12)21-17(13)14/h8,15,22,30-31H,7,9-14,16H2,1-6H3,(H,32,33);3-8,14,17H,9H2,1-2H3. The molecule has 54 heavy (non-hydrogen) atoms. The van der Waals surface area contributed by atoms with Crippen LogP contribution in [0, 0.1) is 34.5 Å². The summed E-state index contributed by atoms with van der Waals surface area (Å²) in [6.07, 6.45) is 10.0. The number of aromatic hydroxyl groups is 2. The van der Waals surface area contributed by atoms with Gasteiger partial charge in [0.15, 0.2) is 11.5 Å². The molecule has 0 radical (unpaired) electrons. The van der Waals surface area contributed by atoms with Crippen LogP contribution in [0.25, 0.3) is 0 Å². The second-order valence-electron chi connectivity index (χ2n) is 18.3. The largest absolute Gasteiger partial charge is 0.504 e. The first kappa shape index (κ1) is 36.6. The maximum atomic E-state index is 12.3. The number of fused-ring (bicyclic) bond motifs is 12. The summed E-state index contributed by atoms with van der Waals surface area (Å²) in [6, 6.07) is 13.7. The van der Waals surface area contributed by atoms with Crippen molar-refractivity contribution in [3.63, 3.8) is 0 Å². The predicted octanol–water partition coefficient (Wildman–Crippen LogP) is 9.96. The van der Waals surface area contributed by atoms with Crippen LogP contribution < -0.4 is 18.9 Å². The molecule has 288 valence electrons. The lowest BCUT2D eigenvalue weighted by atomic mass is 9.34. The van der Waals surface area contributed by atoms with Crippen LogP contribution in [-0.4, -0.2) is 42.1 Å². The predicted molar refractivity (Wildman–Crippen MR) is 207 cm³/mol. The third-order valence-electron chi connectivity index (χ3n) is 15.8. The van der Waals surface area contributed by atoms with Crippen molar-refractivity contribution < 1.29 is 39.1 Å². The van der Waals surface area contributed by atoms with Crippen LogP contribution in [0.4, 0.5) is 0 Å². The molecule has 2 aliphatic heterocycles. The number of phenols is 2. The van der Waals surface area contributed by atoms with E-state index >= 15 is 0 Å². The number of rotatable bonds is 3. The van der Waals surface area contributed by atoms with Gasteiger partial charge in [0.2, 0.25) is 0 Å². The number of allylic oxidation sites excluding steroid dienone is 2. The van der Waals surface area contributed by atoms with Gasteiger partial charge in [0.1, 0.15) is 29.1 Å². The van der Waals surface area contributed by atoms with Gasteiger partial charge in [0.25, 0.3) is 0 Å². The molecule has 3 N–H and O–H groups in total. The van der Waals surface area contributed by atoms with Gasteiger partial charge in [-0.2, -0.15) is 0 Å². The lowest BCUT2D eigenvalue weighted by molar-refractivity contribution is -0.177. The molecule has 4 aliphatic carbocycles. The number of aliphatic carboxylic acids is 1. The fourth-order valence-corrected chi connectivity index (χ4v) is 12.0. The van der Waals surface area contributed by atoms with Gasteiger partial charge < -0.3 is 34.3 Å². The Morgan fingerprint density at radius 3 is 2.19 bits per heavy atom. The van der Waals surface area contributed by atoms with Gasteiger partial charge in [0.05, 0.1) is 32.2 Å². The van der Waals surface area contributed by atoms with Crippen molar-refractivity contribution in [3.8, 4) is 34.5 Å². The molecule has 0 aromatic heterocycles. The van der Waals surface area contributed by atoms with Gasteiger partial charge in [-0.05, 0) is 128 Å². The molecule has 3 saturated carbocycles. The highest BCUT2D eigenvalue weighted by atomic mass is 16.5. The van der Waals surface area contributed by atoms with Crippen LogP contribution in [0.5, 0.6) is 34.5 Å². The minimum absolute atomic E-state index is 0.00163. The summed E-state index contributed by atoms with van der Waals surface area (Å²) < 4.78 is 22.6. The summed E-state index contributed by atoms with van der Waals surface area (Å²) in [5, 5.41) is 30.9. The second kappa shape index (κ2) is 12.3. The molecule has 8 heteroatoms. The monoisotopic (exact) mass is 736 g/mol. The SMILES string of the molecule is COc1ccc2c(c1)OC1c3ccc(OC)cc3OCC21.Cc1c(O)c(O)cc2c1CC=C1C2(C)CCC2(C)C3CC(C)(C(=O)O)CCC3(C)CCC12C. The number of phenolic OH excluding ortho intramolecular Hbond substituents is 2. The molecule has 0 bridgehead atoms. The molecule has 0 saturated heterocycles. The Hall–Kier alpha value is -4.33. The molecule has 3 aromatic rings. The number of hydrogen-bond acceptors (Lipinski definition) is 7. The van der Waals surface area contributed by atoms with E-state index in [1.54, 1.807) is 14.2 Å². The summed E-state index contributed by atoms with van der Waals surface area (Å²) in [5.41, 5.74) is 6.26. The summed E-state index contributed by atoms with van der Waals surface area (Å²) >= 11 is 0. The lowest BCUT2D eigenvalue weighted by Gasteiger charge is -2.69. The molecule has 3 aromatic carbocycles. The maximum Gasteiger partial charge on any atom is 0.309 e. The summed E-state index contributed by atoms with van der Waals surface area (Å²) in [5.74, 6) is 3.28. The van der Waals surface area contributed by atoms with Crippen LogP contribution in [0.15, 0.2) is 54.1 Å². The van der Waals surface area contributed by atoms with Crippen molar-refractivity contribution >= 4 is 5.97 Å². The van der Waals surface area contributed by atoms with Crippen molar-refractivity contribution in [1.82, 2.24) is 0 Å². The van der Waals surface area contributed by atoms with E-state index in [9.17, 15) is 20.1 Å². The molecule has 0 amide bonds. The zero-order valence-electron chi connectivity index (χ0n) is 33.1. The van der Waals surface area contributed by atoms with E-state index in [2.05, 4.69) is 39.8 Å². The Balaban J connectivity index is 0.000000169. The fraction of sp³-hybridized carbons (Fsp3) is 0.543. The molecular weight excluding hydrogens is 680 g/mol. The van der Waals surface area contributed by atoms with E-state index in [0.717, 1.165) is 91.1 Å². The first-order valence-corrected chi connectivity index (χ1v) is 19.7. The lowest BCUT2D eigenvalue weighted by Crippen LogP contribution is -2.62. The van der Waals surface area contributed by atoms with Gasteiger partial charge in [-0.15, -0.1) is 0 Å². The molecule has 9 rings (SSSR count). The zero-order chi connectivity index (χ0) is 38.6. The van der Waals surface area contributed by atoms with Crippen LogP contribution >= 0.6 is 0 Å². The Kier molecular flexibility index (Phi) is 8.37. The first-order chi connectivity index (χ1) is 25.5. The van der Waals surface area contributed by atoms with Crippen LogP contribution in [0.1, 0.15) is 119 Å². The van der Waals surface area contributed by atoms with E-state index in [1.165, 1.54) is 16.7 Å². The van der Waals surface area contributed by atoms with Crippen molar-refractivity contribution in [2.24, 2.45) is 27.6 Å². The maximum absolute atomic E-state index is 12.3. The summed E-state index contributed by atoms with van der Waals surface area (Å²) in [6.45, 7) is 14.1. The van der Waals surface area contributed by atoms with E-state index in [1.807, 2.05) is 50.2 Å². The van der Waals surface area contributed by atoms with Crippen LogP contribution in [0.3, 0.4) is 0 Å². The van der Waals surface area contributed by atoms with E-state index < -0.39 is 11.4 Å². The van der Waals surface area contributed by atoms with E-state index in [0.29, 0.717) is 12.5 Å². The number of methoxy groups -OCH3 is 2. The Morgan fingerprint density at radius 1 is 0.833 bits per heavy atom. The van der Waals surface area contributed by atoms with Crippen molar-refractivity contribution in [2.75, 3.05) is 20.8 Å². The summed E-state index contributed by atoms with van der Waals surface area (Å²) in [7, 11) is 3.32. The Labute approximate surface area is 319 Å². The highest BCUT2D eigenvalue weighted by Gasteiger charge is 2.67. The molecule has 2 heterocycles. The molecule has 8 unspecified atom stereocenters. The Morgan fingerprint density at radius 2 is 1.50 bits per heavy atom. The molecule has 6 aliphatic rings. The number of carbonyl (C=O) groups is 1. The van der Waals surface area contributed by atoms with Crippen LogP contribution in [0.2, 0.25) is 0 Å².